The number of H-pyrrole nitrogens is 1. The SMILES string of the molecule is Fc1cnc2[nH]cc(Br)c2c1Cl. The highest BCUT2D eigenvalue weighted by Gasteiger charge is 2.10. The summed E-state index contributed by atoms with van der Waals surface area (Å²) in [5.41, 5.74) is 0.577. The molecule has 0 saturated heterocycles. The fourth-order valence-corrected chi connectivity index (χ4v) is 1.85. The van der Waals surface area contributed by atoms with E-state index in [4.69, 9.17) is 11.6 Å². The molecule has 62 valence electrons. The third-order valence-electron chi connectivity index (χ3n) is 1.55. The van der Waals surface area contributed by atoms with Gasteiger partial charge in [0, 0.05) is 10.7 Å². The van der Waals surface area contributed by atoms with Crippen molar-refractivity contribution < 1.29 is 4.39 Å². The Morgan fingerprint density at radius 3 is 3.08 bits per heavy atom. The molecule has 0 spiro atoms. The third-order valence-corrected chi connectivity index (χ3v) is 2.54. The Balaban J connectivity index is 2.96. The monoisotopic (exact) mass is 248 g/mol. The normalized spacial score (nSPS) is 10.9. The van der Waals surface area contributed by atoms with Crippen LogP contribution in [0.2, 0.25) is 5.02 Å². The Morgan fingerprint density at radius 2 is 2.33 bits per heavy atom. The Labute approximate surface area is 80.9 Å². The molecule has 0 amide bonds. The van der Waals surface area contributed by atoms with Crippen molar-refractivity contribution in [3.63, 3.8) is 0 Å². The van der Waals surface area contributed by atoms with Crippen LogP contribution in [0.5, 0.6) is 0 Å². The maximum absolute atomic E-state index is 12.9. The van der Waals surface area contributed by atoms with Gasteiger partial charge < -0.3 is 4.98 Å². The second-order valence-electron chi connectivity index (χ2n) is 2.28. The largest absolute Gasteiger partial charge is 0.345 e. The number of hydrogen-bond donors (Lipinski definition) is 1. The Kier molecular flexibility index (Phi) is 1.81. The van der Waals surface area contributed by atoms with Crippen molar-refractivity contribution in [1.29, 1.82) is 0 Å². The van der Waals surface area contributed by atoms with Gasteiger partial charge in [0.05, 0.1) is 16.6 Å². The van der Waals surface area contributed by atoms with Gasteiger partial charge in [-0.1, -0.05) is 11.6 Å². The first kappa shape index (κ1) is 8.01. The lowest BCUT2D eigenvalue weighted by Gasteiger charge is -1.94. The van der Waals surface area contributed by atoms with E-state index in [1.807, 2.05) is 0 Å². The molecule has 0 aliphatic heterocycles. The molecule has 0 fully saturated rings. The molecule has 2 aromatic heterocycles. The second kappa shape index (κ2) is 2.71. The maximum atomic E-state index is 12.9. The van der Waals surface area contributed by atoms with Crippen LogP contribution < -0.4 is 0 Å². The Bertz CT molecular complexity index is 440. The van der Waals surface area contributed by atoms with Gasteiger partial charge in [0.25, 0.3) is 0 Å². The fourth-order valence-electron chi connectivity index (χ4n) is 0.997. The maximum Gasteiger partial charge on any atom is 0.160 e. The molecule has 1 N–H and O–H groups in total. The number of aromatic nitrogens is 2. The third kappa shape index (κ3) is 1.03. The van der Waals surface area contributed by atoms with Gasteiger partial charge in [-0.25, -0.2) is 9.37 Å². The van der Waals surface area contributed by atoms with E-state index in [0.29, 0.717) is 11.0 Å². The molecule has 0 atom stereocenters. The van der Waals surface area contributed by atoms with Crippen molar-refractivity contribution in [2.75, 3.05) is 0 Å². The van der Waals surface area contributed by atoms with Crippen LogP contribution in [-0.4, -0.2) is 9.97 Å². The first-order chi connectivity index (χ1) is 5.70. The summed E-state index contributed by atoms with van der Waals surface area (Å²) in [7, 11) is 0. The highest BCUT2D eigenvalue weighted by atomic mass is 79.9. The van der Waals surface area contributed by atoms with Crippen molar-refractivity contribution in [2.45, 2.75) is 0 Å². The summed E-state index contributed by atoms with van der Waals surface area (Å²) < 4.78 is 13.6. The van der Waals surface area contributed by atoms with Gasteiger partial charge in [0.15, 0.2) is 5.82 Å². The molecule has 0 unspecified atom stereocenters. The zero-order valence-corrected chi connectivity index (χ0v) is 8.08. The Morgan fingerprint density at radius 1 is 1.58 bits per heavy atom. The van der Waals surface area contributed by atoms with Gasteiger partial charge in [0.2, 0.25) is 0 Å². The van der Waals surface area contributed by atoms with E-state index in [1.165, 1.54) is 0 Å². The molecule has 12 heavy (non-hydrogen) atoms. The van der Waals surface area contributed by atoms with Crippen LogP contribution in [0.4, 0.5) is 4.39 Å². The van der Waals surface area contributed by atoms with Crippen LogP contribution >= 0.6 is 27.5 Å². The van der Waals surface area contributed by atoms with Crippen LogP contribution in [0, 0.1) is 5.82 Å². The molecule has 0 aliphatic rings. The van der Waals surface area contributed by atoms with E-state index < -0.39 is 5.82 Å². The molecule has 0 saturated carbocycles. The zero-order chi connectivity index (χ0) is 8.72. The van der Waals surface area contributed by atoms with Gasteiger partial charge in [-0.15, -0.1) is 0 Å². The number of fused-ring (bicyclic) bond motifs is 1. The molecule has 0 aliphatic carbocycles. The number of nitrogens with one attached hydrogen (secondary N) is 1. The van der Waals surface area contributed by atoms with Crippen molar-refractivity contribution in [3.8, 4) is 0 Å². The summed E-state index contributed by atoms with van der Waals surface area (Å²) in [5.74, 6) is -0.510. The number of aromatic amines is 1. The average Bonchev–Trinajstić information content (AvgIpc) is 2.41. The fraction of sp³-hybridized carbons (Fsp3) is 0. The smallest absolute Gasteiger partial charge is 0.160 e. The molecule has 0 aromatic carbocycles. The first-order valence-corrected chi connectivity index (χ1v) is 4.34. The number of pyridine rings is 1. The molecule has 2 nitrogen and oxygen atoms in total. The predicted octanol–water partition coefficient (Wildman–Crippen LogP) is 3.12. The van der Waals surface area contributed by atoms with E-state index in [-0.39, 0.29) is 5.02 Å². The van der Waals surface area contributed by atoms with Crippen LogP contribution in [0.1, 0.15) is 0 Å². The van der Waals surface area contributed by atoms with E-state index in [1.54, 1.807) is 6.20 Å². The van der Waals surface area contributed by atoms with Gasteiger partial charge in [-0.3, -0.25) is 0 Å². The topological polar surface area (TPSA) is 28.7 Å². The number of hydrogen-bond acceptors (Lipinski definition) is 1. The van der Waals surface area contributed by atoms with Crippen LogP contribution in [0.15, 0.2) is 16.9 Å². The van der Waals surface area contributed by atoms with Crippen molar-refractivity contribution in [2.24, 2.45) is 0 Å². The molecule has 0 radical (unpaired) electrons. The lowest BCUT2D eigenvalue weighted by molar-refractivity contribution is 0.624. The minimum atomic E-state index is -0.510. The molecular formula is C7H3BrClFN2. The van der Waals surface area contributed by atoms with E-state index in [9.17, 15) is 4.39 Å². The summed E-state index contributed by atoms with van der Waals surface area (Å²) in [5, 5.41) is 0.671. The van der Waals surface area contributed by atoms with E-state index >= 15 is 0 Å². The van der Waals surface area contributed by atoms with Crippen LogP contribution in [-0.2, 0) is 0 Å². The molecule has 0 bridgehead atoms. The number of halogens is 3. The van der Waals surface area contributed by atoms with Crippen molar-refractivity contribution in [3.05, 3.63) is 27.7 Å². The zero-order valence-electron chi connectivity index (χ0n) is 5.74. The second-order valence-corrected chi connectivity index (χ2v) is 3.51. The first-order valence-electron chi connectivity index (χ1n) is 3.16. The summed E-state index contributed by atoms with van der Waals surface area (Å²) >= 11 is 8.94. The van der Waals surface area contributed by atoms with E-state index in [0.717, 1.165) is 10.7 Å². The van der Waals surface area contributed by atoms with Gasteiger partial charge in [0.1, 0.15) is 5.65 Å². The summed E-state index contributed by atoms with van der Waals surface area (Å²) in [6.07, 6.45) is 2.76. The van der Waals surface area contributed by atoms with E-state index in [2.05, 4.69) is 25.9 Å². The van der Waals surface area contributed by atoms with Crippen LogP contribution in [0.3, 0.4) is 0 Å². The molecular weight excluding hydrogens is 246 g/mol. The highest BCUT2D eigenvalue weighted by molar-refractivity contribution is 9.10. The lowest BCUT2D eigenvalue weighted by atomic mass is 10.3. The highest BCUT2D eigenvalue weighted by Crippen LogP contribution is 2.30. The number of rotatable bonds is 0. The van der Waals surface area contributed by atoms with Crippen molar-refractivity contribution in [1.82, 2.24) is 9.97 Å². The Hall–Kier alpha value is -0.610. The average molecular weight is 249 g/mol. The number of nitrogens with zero attached hydrogens (tertiary/aromatic N) is 1. The molecule has 2 heterocycles. The van der Waals surface area contributed by atoms with Crippen LogP contribution in [0.25, 0.3) is 11.0 Å². The molecule has 2 aromatic rings. The van der Waals surface area contributed by atoms with Gasteiger partial charge in [-0.2, -0.15) is 0 Å². The standard InChI is InChI=1S/C7H3BrClFN2/c8-3-1-11-7-5(3)6(9)4(10)2-12-7/h1-2H,(H,11,12). The molecule has 2 rings (SSSR count). The minimum Gasteiger partial charge on any atom is -0.345 e. The van der Waals surface area contributed by atoms with Crippen molar-refractivity contribution >= 4 is 38.6 Å². The van der Waals surface area contributed by atoms with Gasteiger partial charge in [-0.05, 0) is 15.9 Å². The quantitative estimate of drug-likeness (QED) is 0.763. The summed E-state index contributed by atoms with van der Waals surface area (Å²) in [6, 6.07) is 0. The summed E-state index contributed by atoms with van der Waals surface area (Å²) in [6.45, 7) is 0. The molecule has 5 heteroatoms. The summed E-state index contributed by atoms with van der Waals surface area (Å²) in [4.78, 5) is 6.66. The predicted molar refractivity (Wildman–Crippen MR) is 48.8 cm³/mol. The van der Waals surface area contributed by atoms with Gasteiger partial charge >= 0.3 is 0 Å². The minimum absolute atomic E-state index is 0.0909. The lowest BCUT2D eigenvalue weighted by Crippen LogP contribution is -1.82.